The lowest BCUT2D eigenvalue weighted by Gasteiger charge is -1.89. The van der Waals surface area contributed by atoms with Crippen LogP contribution in [0.25, 0.3) is 17.1 Å². The van der Waals surface area contributed by atoms with Gasteiger partial charge in [-0.2, -0.15) is 0 Å². The molecule has 0 fully saturated rings. The number of aromatic nitrogens is 2. The Labute approximate surface area is 82.1 Å². The topological polar surface area (TPSA) is 48.9 Å². The van der Waals surface area contributed by atoms with Crippen molar-refractivity contribution in [2.24, 2.45) is 0 Å². The van der Waals surface area contributed by atoms with E-state index in [4.69, 9.17) is 5.11 Å². The number of pyridine rings is 1. The minimum Gasteiger partial charge on any atom is -0.396 e. The van der Waals surface area contributed by atoms with E-state index in [1.54, 1.807) is 6.20 Å². The third-order valence-corrected chi connectivity index (χ3v) is 2.08. The Morgan fingerprint density at radius 1 is 1.50 bits per heavy atom. The van der Waals surface area contributed by atoms with E-state index >= 15 is 0 Å². The van der Waals surface area contributed by atoms with Crippen LogP contribution in [0.1, 0.15) is 12.0 Å². The van der Waals surface area contributed by atoms with Gasteiger partial charge in [-0.25, -0.2) is 4.98 Å². The second-order valence-corrected chi connectivity index (χ2v) is 3.06. The van der Waals surface area contributed by atoms with E-state index < -0.39 is 0 Å². The highest BCUT2D eigenvalue weighted by atomic mass is 16.2. The molecule has 0 radical (unpaired) electrons. The quantitative estimate of drug-likeness (QED) is 0.773. The van der Waals surface area contributed by atoms with Gasteiger partial charge in [0, 0.05) is 30.0 Å². The monoisotopic (exact) mass is 188 g/mol. The predicted octanol–water partition coefficient (Wildman–Crippen LogP) is 1.96. The highest BCUT2D eigenvalue weighted by molar-refractivity contribution is 5.85. The number of nitrogens with zero attached hydrogens (tertiary/aromatic N) is 1. The molecule has 0 unspecified atom stereocenters. The molecular weight excluding hydrogens is 176 g/mol. The van der Waals surface area contributed by atoms with Crippen LogP contribution in [0.5, 0.6) is 0 Å². The smallest absolute Gasteiger partial charge is 0.137 e. The van der Waals surface area contributed by atoms with Gasteiger partial charge in [0.2, 0.25) is 0 Å². The average Bonchev–Trinajstić information content (AvgIpc) is 2.63. The molecule has 2 heterocycles. The lowest BCUT2D eigenvalue weighted by Crippen LogP contribution is -1.76. The van der Waals surface area contributed by atoms with Crippen molar-refractivity contribution in [1.29, 1.82) is 0 Å². The molecule has 0 atom stereocenters. The number of aliphatic hydroxyl groups excluding tert-OH is 1. The predicted molar refractivity (Wildman–Crippen MR) is 56.8 cm³/mol. The standard InChI is InChI=1S/C11H12N2O/c14-7-2-1-4-9-8-13-11-10(9)5-3-6-12-11/h1,3-6,8,14H,2,7H2,(H,12,13). The molecule has 0 saturated carbocycles. The summed E-state index contributed by atoms with van der Waals surface area (Å²) in [6.07, 6.45) is 8.32. The number of aromatic amines is 1. The fourth-order valence-electron chi connectivity index (χ4n) is 1.40. The average molecular weight is 188 g/mol. The zero-order valence-electron chi connectivity index (χ0n) is 7.77. The molecule has 0 aliphatic carbocycles. The molecule has 2 N–H and O–H groups in total. The van der Waals surface area contributed by atoms with E-state index in [0.717, 1.165) is 16.6 Å². The molecule has 2 aromatic heterocycles. The summed E-state index contributed by atoms with van der Waals surface area (Å²) in [7, 11) is 0. The minimum absolute atomic E-state index is 0.192. The summed E-state index contributed by atoms with van der Waals surface area (Å²) in [6.45, 7) is 0.192. The molecule has 0 aliphatic rings. The van der Waals surface area contributed by atoms with Crippen LogP contribution in [-0.4, -0.2) is 21.7 Å². The van der Waals surface area contributed by atoms with Crippen LogP contribution in [0.15, 0.2) is 30.6 Å². The first-order valence-electron chi connectivity index (χ1n) is 4.61. The summed E-state index contributed by atoms with van der Waals surface area (Å²) in [5.41, 5.74) is 2.01. The van der Waals surface area contributed by atoms with Crippen LogP contribution >= 0.6 is 0 Å². The van der Waals surface area contributed by atoms with Gasteiger partial charge in [-0.1, -0.05) is 12.2 Å². The third-order valence-electron chi connectivity index (χ3n) is 2.08. The summed E-state index contributed by atoms with van der Waals surface area (Å²) in [6, 6.07) is 3.94. The van der Waals surface area contributed by atoms with E-state index in [0.29, 0.717) is 6.42 Å². The molecule has 2 rings (SSSR count). The van der Waals surface area contributed by atoms with Gasteiger partial charge in [-0.15, -0.1) is 0 Å². The number of hydrogen-bond acceptors (Lipinski definition) is 2. The first kappa shape index (κ1) is 8.97. The van der Waals surface area contributed by atoms with Gasteiger partial charge in [0.05, 0.1) is 0 Å². The maximum absolute atomic E-state index is 8.64. The number of nitrogens with one attached hydrogen (secondary N) is 1. The van der Waals surface area contributed by atoms with E-state index in [1.165, 1.54) is 0 Å². The number of aliphatic hydroxyl groups is 1. The highest BCUT2D eigenvalue weighted by Crippen LogP contribution is 2.16. The van der Waals surface area contributed by atoms with Gasteiger partial charge in [0.15, 0.2) is 0 Å². The summed E-state index contributed by atoms with van der Waals surface area (Å²) in [5.74, 6) is 0. The van der Waals surface area contributed by atoms with Crippen LogP contribution in [-0.2, 0) is 0 Å². The number of fused-ring (bicyclic) bond motifs is 1. The van der Waals surface area contributed by atoms with E-state index in [-0.39, 0.29) is 6.61 Å². The highest BCUT2D eigenvalue weighted by Gasteiger charge is 1.98. The fraction of sp³-hybridized carbons (Fsp3) is 0.182. The SMILES string of the molecule is OCCC=Cc1c[nH]c2ncccc12. The summed E-state index contributed by atoms with van der Waals surface area (Å²) in [4.78, 5) is 7.28. The van der Waals surface area contributed by atoms with Gasteiger partial charge < -0.3 is 10.1 Å². The first-order chi connectivity index (χ1) is 6.92. The van der Waals surface area contributed by atoms with Crippen LogP contribution in [0.2, 0.25) is 0 Å². The summed E-state index contributed by atoms with van der Waals surface area (Å²) < 4.78 is 0. The van der Waals surface area contributed by atoms with Crippen molar-refractivity contribution in [2.45, 2.75) is 6.42 Å². The van der Waals surface area contributed by atoms with Gasteiger partial charge in [-0.05, 0) is 18.6 Å². The second-order valence-electron chi connectivity index (χ2n) is 3.06. The minimum atomic E-state index is 0.192. The van der Waals surface area contributed by atoms with Crippen LogP contribution < -0.4 is 0 Å². The van der Waals surface area contributed by atoms with Gasteiger partial charge in [-0.3, -0.25) is 0 Å². The van der Waals surface area contributed by atoms with Crippen molar-refractivity contribution >= 4 is 17.1 Å². The van der Waals surface area contributed by atoms with Crippen molar-refractivity contribution in [2.75, 3.05) is 6.61 Å². The van der Waals surface area contributed by atoms with Crippen LogP contribution in [0.3, 0.4) is 0 Å². The Kier molecular flexibility index (Phi) is 2.60. The molecule has 0 spiro atoms. The molecule has 0 saturated heterocycles. The normalized spacial score (nSPS) is 11.5. The largest absolute Gasteiger partial charge is 0.396 e. The van der Waals surface area contributed by atoms with Crippen molar-refractivity contribution in [3.05, 3.63) is 36.2 Å². The Morgan fingerprint density at radius 3 is 3.29 bits per heavy atom. The molecule has 3 nitrogen and oxygen atoms in total. The molecule has 0 aliphatic heterocycles. The van der Waals surface area contributed by atoms with Gasteiger partial charge in [0.1, 0.15) is 5.65 Å². The number of hydrogen-bond donors (Lipinski definition) is 2. The van der Waals surface area contributed by atoms with Crippen molar-refractivity contribution < 1.29 is 5.11 Å². The zero-order chi connectivity index (χ0) is 9.80. The second kappa shape index (κ2) is 4.07. The summed E-state index contributed by atoms with van der Waals surface area (Å²) in [5, 5.41) is 9.75. The molecule has 0 amide bonds. The number of rotatable bonds is 3. The Morgan fingerprint density at radius 2 is 2.43 bits per heavy atom. The van der Waals surface area contributed by atoms with E-state index in [2.05, 4.69) is 9.97 Å². The Balaban J connectivity index is 2.34. The molecule has 0 bridgehead atoms. The Bertz CT molecular complexity index is 445. The zero-order valence-corrected chi connectivity index (χ0v) is 7.77. The fourth-order valence-corrected chi connectivity index (χ4v) is 1.40. The molecule has 14 heavy (non-hydrogen) atoms. The van der Waals surface area contributed by atoms with Gasteiger partial charge >= 0.3 is 0 Å². The van der Waals surface area contributed by atoms with E-state index in [9.17, 15) is 0 Å². The lowest BCUT2D eigenvalue weighted by atomic mass is 10.2. The summed E-state index contributed by atoms with van der Waals surface area (Å²) >= 11 is 0. The van der Waals surface area contributed by atoms with Crippen molar-refractivity contribution in [1.82, 2.24) is 9.97 Å². The van der Waals surface area contributed by atoms with Gasteiger partial charge in [0.25, 0.3) is 0 Å². The van der Waals surface area contributed by atoms with Crippen LogP contribution in [0, 0.1) is 0 Å². The maximum Gasteiger partial charge on any atom is 0.137 e. The number of H-pyrrole nitrogens is 1. The lowest BCUT2D eigenvalue weighted by molar-refractivity contribution is 0.303. The maximum atomic E-state index is 8.64. The Hall–Kier alpha value is -1.61. The molecule has 72 valence electrons. The van der Waals surface area contributed by atoms with Crippen LogP contribution in [0.4, 0.5) is 0 Å². The molecule has 0 aromatic carbocycles. The van der Waals surface area contributed by atoms with Crippen molar-refractivity contribution in [3.63, 3.8) is 0 Å². The molecular formula is C11H12N2O. The molecule has 2 aromatic rings. The molecule has 3 heteroatoms. The first-order valence-corrected chi connectivity index (χ1v) is 4.61. The third kappa shape index (κ3) is 1.67. The van der Waals surface area contributed by atoms with Crippen molar-refractivity contribution in [3.8, 4) is 0 Å². The van der Waals surface area contributed by atoms with E-state index in [1.807, 2.05) is 30.5 Å².